The number of piperidine rings is 2. The van der Waals surface area contributed by atoms with Gasteiger partial charge in [0.2, 0.25) is 0 Å². The van der Waals surface area contributed by atoms with Crippen molar-refractivity contribution in [3.8, 4) is 0 Å². The predicted molar refractivity (Wildman–Crippen MR) is 86.9 cm³/mol. The molecule has 2 saturated heterocycles. The van der Waals surface area contributed by atoms with Crippen LogP contribution in [-0.2, 0) is 0 Å². The minimum Gasteiger partial charge on any atom is -0.478 e. The molecule has 1 aromatic rings. The fourth-order valence-electron chi connectivity index (χ4n) is 3.82. The van der Waals surface area contributed by atoms with Crippen molar-refractivity contribution in [1.82, 2.24) is 4.90 Å². The van der Waals surface area contributed by atoms with E-state index in [1.165, 1.54) is 19.3 Å². The van der Waals surface area contributed by atoms with Crippen molar-refractivity contribution in [2.45, 2.75) is 50.2 Å². The van der Waals surface area contributed by atoms with E-state index in [0.29, 0.717) is 28.2 Å². The molecule has 5 heteroatoms. The first-order chi connectivity index (χ1) is 10.1. The van der Waals surface area contributed by atoms with E-state index in [4.69, 9.17) is 0 Å². The predicted octanol–water partition coefficient (Wildman–Crippen LogP) is 3.57. The number of carboxylic acids is 1. The van der Waals surface area contributed by atoms with Crippen LogP contribution in [0.2, 0.25) is 0 Å². The summed E-state index contributed by atoms with van der Waals surface area (Å²) in [5.74, 6) is -0.891. The molecule has 114 valence electrons. The van der Waals surface area contributed by atoms with Crippen molar-refractivity contribution in [2.75, 3.05) is 12.4 Å². The monoisotopic (exact) mass is 352 g/mol. The van der Waals surface area contributed by atoms with E-state index in [2.05, 4.69) is 33.2 Å². The van der Waals surface area contributed by atoms with Crippen LogP contribution in [0, 0.1) is 0 Å². The Morgan fingerprint density at radius 3 is 2.62 bits per heavy atom. The summed E-state index contributed by atoms with van der Waals surface area (Å²) in [5, 5.41) is 12.9. The lowest BCUT2D eigenvalue weighted by molar-refractivity contribution is 0.0607. The second-order valence-electron chi connectivity index (χ2n) is 6.18. The van der Waals surface area contributed by atoms with Gasteiger partial charge in [-0.2, -0.15) is 0 Å². The first-order valence-corrected chi connectivity index (χ1v) is 8.36. The molecular formula is C16H21BrN2O2. The zero-order valence-corrected chi connectivity index (χ0v) is 13.8. The molecule has 0 saturated carbocycles. The number of rotatable bonds is 3. The van der Waals surface area contributed by atoms with E-state index < -0.39 is 5.97 Å². The molecule has 2 atom stereocenters. The van der Waals surface area contributed by atoms with Crippen LogP contribution in [0.1, 0.15) is 42.5 Å². The lowest BCUT2D eigenvalue weighted by Crippen LogP contribution is -2.52. The number of carboxylic acid groups (broad SMARTS) is 1. The van der Waals surface area contributed by atoms with Gasteiger partial charge in [-0.1, -0.05) is 12.5 Å². The van der Waals surface area contributed by atoms with Gasteiger partial charge in [-0.15, -0.1) is 0 Å². The molecule has 2 aliphatic heterocycles. The Morgan fingerprint density at radius 2 is 2.00 bits per heavy atom. The highest BCUT2D eigenvalue weighted by Crippen LogP contribution is 2.35. The molecule has 2 heterocycles. The Bertz CT molecular complexity index is 535. The molecule has 1 aromatic carbocycles. The summed E-state index contributed by atoms with van der Waals surface area (Å²) >= 11 is 3.34. The van der Waals surface area contributed by atoms with Gasteiger partial charge in [0, 0.05) is 22.6 Å². The van der Waals surface area contributed by atoms with E-state index in [-0.39, 0.29) is 0 Å². The third-order valence-corrected chi connectivity index (χ3v) is 5.59. The summed E-state index contributed by atoms with van der Waals surface area (Å²) < 4.78 is 0.633. The van der Waals surface area contributed by atoms with Gasteiger partial charge in [-0.05, 0) is 60.8 Å². The summed E-state index contributed by atoms with van der Waals surface area (Å²) in [7, 11) is 2.23. The van der Waals surface area contributed by atoms with E-state index in [0.717, 1.165) is 18.5 Å². The van der Waals surface area contributed by atoms with Crippen molar-refractivity contribution in [3.63, 3.8) is 0 Å². The molecule has 2 aliphatic rings. The molecule has 0 radical (unpaired) electrons. The average Bonchev–Trinajstić information content (AvgIpc) is 2.39. The number of halogens is 1. The zero-order valence-electron chi connectivity index (χ0n) is 12.2. The van der Waals surface area contributed by atoms with Crippen LogP contribution in [0.25, 0.3) is 0 Å². The minimum absolute atomic E-state index is 0.335. The van der Waals surface area contributed by atoms with Crippen LogP contribution in [0.3, 0.4) is 0 Å². The van der Waals surface area contributed by atoms with Crippen molar-refractivity contribution in [1.29, 1.82) is 0 Å². The quantitative estimate of drug-likeness (QED) is 0.872. The van der Waals surface area contributed by atoms with Crippen LogP contribution in [0.15, 0.2) is 22.7 Å². The molecule has 0 aromatic heterocycles. The molecule has 2 bridgehead atoms. The Morgan fingerprint density at radius 1 is 1.33 bits per heavy atom. The van der Waals surface area contributed by atoms with Gasteiger partial charge >= 0.3 is 5.97 Å². The highest BCUT2D eigenvalue weighted by Gasteiger charge is 2.36. The van der Waals surface area contributed by atoms with Gasteiger partial charge in [0.15, 0.2) is 0 Å². The Balaban J connectivity index is 1.79. The van der Waals surface area contributed by atoms with Gasteiger partial charge in [0.25, 0.3) is 0 Å². The minimum atomic E-state index is -0.891. The molecule has 2 N–H and O–H groups in total. The average molecular weight is 353 g/mol. The van der Waals surface area contributed by atoms with E-state index in [9.17, 15) is 9.90 Å². The maximum Gasteiger partial charge on any atom is 0.338 e. The number of aromatic carboxylic acids is 1. The standard InChI is InChI=1S/C16H21BrN2O2/c1-19-11-4-2-5-12(19)9-10(8-11)18-14-7-3-6-13(17)15(14)16(20)21/h3,6-7,10-12,18H,2,4-5,8-9H2,1H3,(H,20,21). The molecule has 3 rings (SSSR count). The van der Waals surface area contributed by atoms with Crippen LogP contribution < -0.4 is 5.32 Å². The molecule has 0 amide bonds. The number of fused-ring (bicyclic) bond motifs is 2. The Labute approximate surface area is 133 Å². The number of nitrogens with one attached hydrogen (secondary N) is 1. The topological polar surface area (TPSA) is 52.6 Å². The molecule has 0 spiro atoms. The molecule has 2 unspecified atom stereocenters. The first-order valence-electron chi connectivity index (χ1n) is 7.56. The number of carbonyl (C=O) groups is 1. The number of hydrogen-bond donors (Lipinski definition) is 2. The highest BCUT2D eigenvalue weighted by atomic mass is 79.9. The SMILES string of the molecule is CN1C2CCCC1CC(Nc1cccc(Br)c1C(=O)O)C2. The molecule has 21 heavy (non-hydrogen) atoms. The lowest BCUT2D eigenvalue weighted by atomic mass is 9.82. The van der Waals surface area contributed by atoms with Gasteiger partial charge < -0.3 is 15.3 Å². The second-order valence-corrected chi connectivity index (χ2v) is 7.04. The molecular weight excluding hydrogens is 332 g/mol. The van der Waals surface area contributed by atoms with E-state index in [1.807, 2.05) is 12.1 Å². The maximum absolute atomic E-state index is 11.5. The summed E-state index contributed by atoms with van der Waals surface area (Å²) in [6.45, 7) is 0. The van der Waals surface area contributed by atoms with Crippen molar-refractivity contribution in [3.05, 3.63) is 28.2 Å². The van der Waals surface area contributed by atoms with Crippen LogP contribution in [-0.4, -0.2) is 41.1 Å². The van der Waals surface area contributed by atoms with Crippen molar-refractivity contribution >= 4 is 27.6 Å². The number of nitrogens with zero attached hydrogens (tertiary/aromatic N) is 1. The Kier molecular flexibility index (Phi) is 4.22. The van der Waals surface area contributed by atoms with Crippen molar-refractivity contribution < 1.29 is 9.90 Å². The normalized spacial score (nSPS) is 29.1. The van der Waals surface area contributed by atoms with Crippen LogP contribution in [0.4, 0.5) is 5.69 Å². The fourth-order valence-corrected chi connectivity index (χ4v) is 4.35. The highest BCUT2D eigenvalue weighted by molar-refractivity contribution is 9.10. The summed E-state index contributed by atoms with van der Waals surface area (Å²) in [6, 6.07) is 7.16. The fraction of sp³-hybridized carbons (Fsp3) is 0.562. The summed E-state index contributed by atoms with van der Waals surface area (Å²) in [4.78, 5) is 14.0. The summed E-state index contributed by atoms with van der Waals surface area (Å²) in [5.41, 5.74) is 1.06. The smallest absolute Gasteiger partial charge is 0.338 e. The van der Waals surface area contributed by atoms with Gasteiger partial charge in [0.1, 0.15) is 0 Å². The first kappa shape index (κ1) is 14.9. The number of anilines is 1. The van der Waals surface area contributed by atoms with Gasteiger partial charge in [-0.3, -0.25) is 0 Å². The molecule has 0 aliphatic carbocycles. The van der Waals surface area contributed by atoms with E-state index >= 15 is 0 Å². The van der Waals surface area contributed by atoms with Gasteiger partial charge in [-0.25, -0.2) is 4.79 Å². The van der Waals surface area contributed by atoms with Gasteiger partial charge in [0.05, 0.1) is 11.3 Å². The van der Waals surface area contributed by atoms with Crippen LogP contribution >= 0.6 is 15.9 Å². The molecule has 2 fully saturated rings. The largest absolute Gasteiger partial charge is 0.478 e. The Hall–Kier alpha value is -1.07. The lowest BCUT2D eigenvalue weighted by Gasteiger charge is -2.47. The number of hydrogen-bond acceptors (Lipinski definition) is 3. The van der Waals surface area contributed by atoms with Crippen molar-refractivity contribution in [2.24, 2.45) is 0 Å². The molecule has 4 nitrogen and oxygen atoms in total. The zero-order chi connectivity index (χ0) is 15.0. The third kappa shape index (κ3) is 2.94. The van der Waals surface area contributed by atoms with E-state index in [1.54, 1.807) is 6.07 Å². The number of benzene rings is 1. The summed E-state index contributed by atoms with van der Waals surface area (Å²) in [6.07, 6.45) is 6.03. The maximum atomic E-state index is 11.5. The van der Waals surface area contributed by atoms with Crippen LogP contribution in [0.5, 0.6) is 0 Å². The second kappa shape index (κ2) is 5.97. The third-order valence-electron chi connectivity index (χ3n) is 4.93.